The molecular weight excluding hydrogens is 502 g/mol. The molecule has 0 saturated carbocycles. The van der Waals surface area contributed by atoms with E-state index in [-0.39, 0.29) is 27.7 Å². The summed E-state index contributed by atoms with van der Waals surface area (Å²) in [4.78, 5) is 25.4. The number of hydrogen-bond donors (Lipinski definition) is 1. The monoisotopic (exact) mass is 525 g/mol. The molecule has 3 aromatic carbocycles. The first-order chi connectivity index (χ1) is 17.0. The molecule has 1 heterocycles. The van der Waals surface area contributed by atoms with Gasteiger partial charge in [0.05, 0.1) is 9.92 Å². The Bertz CT molecular complexity index is 1600. The van der Waals surface area contributed by atoms with Gasteiger partial charge in [-0.1, -0.05) is 59.6 Å². The van der Waals surface area contributed by atoms with Crippen molar-refractivity contribution in [1.82, 2.24) is 4.72 Å². The molecule has 0 saturated heterocycles. The van der Waals surface area contributed by atoms with Gasteiger partial charge in [-0.25, -0.2) is 18.0 Å². The Labute approximate surface area is 213 Å². The Kier molecular flexibility index (Phi) is 7.31. The number of carbonyl (C=O) groups excluding carboxylic acids is 1. The Hall–Kier alpha value is -3.46. The Morgan fingerprint density at radius 3 is 2.33 bits per heavy atom. The van der Waals surface area contributed by atoms with Crippen LogP contribution in [0.2, 0.25) is 5.02 Å². The maximum atomic E-state index is 13.3. The van der Waals surface area contributed by atoms with E-state index < -0.39 is 27.7 Å². The van der Waals surface area contributed by atoms with Gasteiger partial charge in [-0.2, -0.15) is 4.72 Å². The average Bonchev–Trinajstić information content (AvgIpc) is 2.84. The quantitative estimate of drug-likeness (QED) is 0.210. The zero-order valence-electron chi connectivity index (χ0n) is 19.9. The highest BCUT2D eigenvalue weighted by molar-refractivity contribution is 7.89. The maximum absolute atomic E-state index is 13.3. The van der Waals surface area contributed by atoms with Crippen molar-refractivity contribution in [3.63, 3.8) is 0 Å². The second-order valence-corrected chi connectivity index (χ2v) is 10.6. The molecule has 9 heteroatoms. The molecule has 1 aromatic heterocycles. The minimum absolute atomic E-state index is 0.0234. The minimum Gasteiger partial charge on any atom is -0.424 e. The number of fused-ring (bicyclic) bond motifs is 1. The highest BCUT2D eigenvalue weighted by atomic mass is 35.5. The second-order valence-electron chi connectivity index (χ2n) is 8.52. The lowest BCUT2D eigenvalue weighted by Gasteiger charge is -2.19. The minimum atomic E-state index is -4.04. The molecule has 1 atom stereocenters. The van der Waals surface area contributed by atoms with Gasteiger partial charge in [-0.3, -0.25) is 0 Å². The summed E-state index contributed by atoms with van der Waals surface area (Å²) in [6.45, 7) is 5.26. The van der Waals surface area contributed by atoms with Crippen LogP contribution in [0, 0.1) is 20.8 Å². The molecule has 186 valence electrons. The molecule has 36 heavy (non-hydrogen) atoms. The number of benzene rings is 3. The zero-order valence-corrected chi connectivity index (χ0v) is 21.4. The van der Waals surface area contributed by atoms with Crippen LogP contribution in [-0.4, -0.2) is 20.4 Å². The number of ether oxygens (including phenoxy) is 1. The van der Waals surface area contributed by atoms with Crippen molar-refractivity contribution in [2.75, 3.05) is 0 Å². The van der Waals surface area contributed by atoms with Crippen molar-refractivity contribution in [3.05, 3.63) is 104 Å². The topological polar surface area (TPSA) is 103 Å². The number of sulfonamides is 1. The smallest absolute Gasteiger partial charge is 0.339 e. The normalized spacial score (nSPS) is 12.4. The summed E-state index contributed by atoms with van der Waals surface area (Å²) in [5.74, 6) is -0.907. The second kappa shape index (κ2) is 10.3. The van der Waals surface area contributed by atoms with Crippen molar-refractivity contribution in [2.24, 2.45) is 0 Å². The number of aryl methyl sites for hydroxylation is 2. The summed E-state index contributed by atoms with van der Waals surface area (Å²) in [6, 6.07) is 16.9. The van der Waals surface area contributed by atoms with E-state index in [0.717, 1.165) is 11.1 Å². The zero-order chi connectivity index (χ0) is 26.0. The average molecular weight is 526 g/mol. The predicted molar refractivity (Wildman–Crippen MR) is 138 cm³/mol. The molecule has 0 aliphatic carbocycles. The van der Waals surface area contributed by atoms with E-state index in [1.807, 2.05) is 13.0 Å². The standard InChI is InChI=1S/C27H24ClNO6S/c1-16-9-11-20(12-10-16)36(32,33)29-23(13-19-7-5-4-6-8-19)27(31)35-25-15-24-21(14-22(25)28)17(2)18(3)26(30)34-24/h4-12,14-15,23,29H,13H2,1-3H3. The maximum Gasteiger partial charge on any atom is 0.339 e. The summed E-state index contributed by atoms with van der Waals surface area (Å²) < 4.78 is 39.4. The van der Waals surface area contributed by atoms with Crippen LogP contribution in [0.25, 0.3) is 11.0 Å². The molecular formula is C27H24ClNO6S. The first-order valence-electron chi connectivity index (χ1n) is 11.1. The van der Waals surface area contributed by atoms with Gasteiger partial charge in [-0.15, -0.1) is 0 Å². The van der Waals surface area contributed by atoms with Crippen LogP contribution >= 0.6 is 11.6 Å². The Balaban J connectivity index is 1.67. The summed E-state index contributed by atoms with van der Waals surface area (Å²) in [5.41, 5.74) is 2.48. The third-order valence-corrected chi connectivity index (χ3v) is 7.70. The molecule has 0 amide bonds. The first kappa shape index (κ1) is 25.6. The van der Waals surface area contributed by atoms with E-state index in [2.05, 4.69) is 4.72 Å². The lowest BCUT2D eigenvalue weighted by Crippen LogP contribution is -2.44. The van der Waals surface area contributed by atoms with Gasteiger partial charge >= 0.3 is 11.6 Å². The van der Waals surface area contributed by atoms with Crippen molar-refractivity contribution in [3.8, 4) is 5.75 Å². The highest BCUT2D eigenvalue weighted by Crippen LogP contribution is 2.32. The van der Waals surface area contributed by atoms with Crippen LogP contribution in [0.4, 0.5) is 0 Å². The molecule has 0 radical (unpaired) electrons. The molecule has 4 aromatic rings. The molecule has 0 aliphatic rings. The van der Waals surface area contributed by atoms with Crippen molar-refractivity contribution < 1.29 is 22.4 Å². The summed E-state index contributed by atoms with van der Waals surface area (Å²) in [5, 5.41) is 0.727. The fourth-order valence-electron chi connectivity index (χ4n) is 3.70. The molecule has 0 bridgehead atoms. The van der Waals surface area contributed by atoms with Gasteiger partial charge in [0.25, 0.3) is 0 Å². The van der Waals surface area contributed by atoms with Gasteiger partial charge < -0.3 is 9.15 Å². The number of esters is 1. The Morgan fingerprint density at radius 1 is 1.00 bits per heavy atom. The highest BCUT2D eigenvalue weighted by Gasteiger charge is 2.28. The van der Waals surface area contributed by atoms with Crippen LogP contribution in [0.15, 0.2) is 80.8 Å². The van der Waals surface area contributed by atoms with Crippen molar-refractivity contribution >= 4 is 38.6 Å². The van der Waals surface area contributed by atoms with E-state index in [0.29, 0.717) is 16.5 Å². The van der Waals surface area contributed by atoms with Crippen molar-refractivity contribution in [2.45, 2.75) is 38.1 Å². The predicted octanol–water partition coefficient (Wildman–Crippen LogP) is 4.87. The molecule has 1 unspecified atom stereocenters. The molecule has 0 spiro atoms. The van der Waals surface area contributed by atoms with Crippen LogP contribution in [0.5, 0.6) is 5.75 Å². The SMILES string of the molecule is Cc1ccc(S(=O)(=O)NC(Cc2ccccc2)C(=O)Oc2cc3oc(=O)c(C)c(C)c3cc2Cl)cc1. The van der Waals surface area contributed by atoms with E-state index >= 15 is 0 Å². The van der Waals surface area contributed by atoms with Crippen LogP contribution in [-0.2, 0) is 21.2 Å². The first-order valence-corrected chi connectivity index (χ1v) is 13.0. The summed E-state index contributed by atoms with van der Waals surface area (Å²) in [7, 11) is -4.04. The van der Waals surface area contributed by atoms with E-state index in [9.17, 15) is 18.0 Å². The molecule has 0 aliphatic heterocycles. The molecule has 0 fully saturated rings. The van der Waals surface area contributed by atoms with E-state index in [1.54, 1.807) is 56.3 Å². The lowest BCUT2D eigenvalue weighted by atomic mass is 10.1. The van der Waals surface area contributed by atoms with Gasteiger partial charge in [0, 0.05) is 17.0 Å². The number of hydrogen-bond acceptors (Lipinski definition) is 6. The number of carbonyl (C=O) groups is 1. The van der Waals surface area contributed by atoms with Crippen LogP contribution in [0.3, 0.4) is 0 Å². The fraction of sp³-hybridized carbons (Fsp3) is 0.185. The van der Waals surface area contributed by atoms with Crippen molar-refractivity contribution in [1.29, 1.82) is 0 Å². The number of rotatable bonds is 7. The largest absolute Gasteiger partial charge is 0.424 e. The van der Waals surface area contributed by atoms with E-state index in [1.165, 1.54) is 18.2 Å². The lowest BCUT2D eigenvalue weighted by molar-refractivity contribution is -0.136. The molecule has 1 N–H and O–H groups in total. The fourth-order valence-corrected chi connectivity index (χ4v) is 5.08. The third kappa shape index (κ3) is 5.51. The van der Waals surface area contributed by atoms with Crippen LogP contribution in [0.1, 0.15) is 22.3 Å². The van der Waals surface area contributed by atoms with Gasteiger partial charge in [-0.05, 0) is 56.5 Å². The number of halogens is 1. The van der Waals surface area contributed by atoms with Gasteiger partial charge in [0.2, 0.25) is 10.0 Å². The van der Waals surface area contributed by atoms with Gasteiger partial charge in [0.15, 0.2) is 5.75 Å². The Morgan fingerprint density at radius 2 is 1.67 bits per heavy atom. The van der Waals surface area contributed by atoms with Crippen LogP contribution < -0.4 is 15.1 Å². The third-order valence-electron chi connectivity index (χ3n) is 5.92. The number of nitrogens with one attached hydrogen (secondary N) is 1. The van der Waals surface area contributed by atoms with Gasteiger partial charge in [0.1, 0.15) is 11.6 Å². The summed E-state index contributed by atoms with van der Waals surface area (Å²) in [6.07, 6.45) is 0.0450. The summed E-state index contributed by atoms with van der Waals surface area (Å²) >= 11 is 6.38. The molecule has 7 nitrogen and oxygen atoms in total. The molecule has 4 rings (SSSR count). The van der Waals surface area contributed by atoms with E-state index in [4.69, 9.17) is 20.8 Å².